The number of aromatic hydroxyl groups is 2. The second-order valence-corrected chi connectivity index (χ2v) is 30.6. The third-order valence-electron chi connectivity index (χ3n) is 18.8. The van der Waals surface area contributed by atoms with E-state index in [1.807, 2.05) is 59.1 Å². The number of anilines is 11. The number of halogens is 5. The molecule has 4 aliphatic rings. The number of rotatable bonds is 14. The molecule has 22 nitrogen and oxygen atoms in total. The fraction of sp³-hybridized carbons (Fsp3) is 0.276. The summed E-state index contributed by atoms with van der Waals surface area (Å²) in [7, 11) is 6.64. The lowest BCUT2D eigenvalue weighted by atomic mass is 10.1. The number of phenols is 2. The van der Waals surface area contributed by atoms with Crippen molar-refractivity contribution >= 4 is 162 Å². The number of methoxy groups -OCH3 is 2. The number of hydrogen-bond acceptors (Lipinski definition) is 14. The summed E-state index contributed by atoms with van der Waals surface area (Å²) in [6, 6.07) is 44.1. The van der Waals surface area contributed by atoms with Crippen LogP contribution in [-0.2, 0) is 62.7 Å². The van der Waals surface area contributed by atoms with E-state index in [0.717, 1.165) is 22.3 Å². The summed E-state index contributed by atoms with van der Waals surface area (Å²) in [6.07, 6.45) is 6.30. The number of hydrogen-bond donors (Lipinski definition) is 9. The van der Waals surface area contributed by atoms with Crippen LogP contribution in [0.2, 0.25) is 0 Å². The summed E-state index contributed by atoms with van der Waals surface area (Å²) in [5, 5.41) is 42.9. The maximum Gasteiger partial charge on any atom is 0.413 e. The van der Waals surface area contributed by atoms with Crippen LogP contribution in [0.3, 0.4) is 0 Å². The minimum absolute atomic E-state index is 0.000696. The van der Waals surface area contributed by atoms with E-state index in [1.165, 1.54) is 84.7 Å². The molecule has 9 aromatic carbocycles. The van der Waals surface area contributed by atoms with E-state index < -0.39 is 17.7 Å². The lowest BCUT2D eigenvalue weighted by Gasteiger charge is -2.26. The number of nitrogens with zero attached hydrogens (tertiary/aromatic N) is 5. The topological polar surface area (TPSA) is 254 Å². The van der Waals surface area contributed by atoms with Gasteiger partial charge in [0.1, 0.15) is 52.1 Å². The molecule has 0 saturated heterocycles. The van der Waals surface area contributed by atoms with Crippen LogP contribution in [-0.4, -0.2) is 106 Å². The van der Waals surface area contributed by atoms with Crippen LogP contribution in [0, 0.1) is 29.1 Å². The van der Waals surface area contributed by atoms with Crippen LogP contribution < -0.4 is 66.3 Å². The van der Waals surface area contributed by atoms with Gasteiger partial charge >= 0.3 is 6.09 Å². The van der Waals surface area contributed by atoms with Crippen molar-refractivity contribution in [3.8, 4) is 23.0 Å². The fourth-order valence-electron chi connectivity index (χ4n) is 13.4. The molecular weight excluding hydrogens is 1600 g/mol. The van der Waals surface area contributed by atoms with Crippen molar-refractivity contribution in [3.05, 3.63) is 232 Å². The van der Waals surface area contributed by atoms with Crippen LogP contribution in [0.15, 0.2) is 170 Å². The molecule has 0 radical (unpaired) electrons. The zero-order chi connectivity index (χ0) is 85.1. The Bertz CT molecular complexity index is 5250. The lowest BCUT2D eigenvalue weighted by molar-refractivity contribution is -0.119. The van der Waals surface area contributed by atoms with Crippen molar-refractivity contribution in [1.82, 2.24) is 15.5 Å². The van der Waals surface area contributed by atoms with Gasteiger partial charge in [-0.1, -0.05) is 36.4 Å². The molecule has 4 heterocycles. The van der Waals surface area contributed by atoms with E-state index in [-0.39, 0.29) is 82.9 Å². The van der Waals surface area contributed by atoms with Crippen molar-refractivity contribution < 1.29 is 70.3 Å². The van der Waals surface area contributed by atoms with Crippen LogP contribution in [0.5, 0.6) is 23.0 Å². The van der Waals surface area contributed by atoms with Gasteiger partial charge in [0.15, 0.2) is 20.4 Å². The van der Waals surface area contributed by atoms with Gasteiger partial charge in [-0.2, -0.15) is 0 Å². The number of benzene rings is 9. The Labute approximate surface area is 703 Å². The molecule has 0 atom stereocenters. The molecule has 618 valence electrons. The molecule has 0 bridgehead atoms. The number of carbonyl (C=O) groups is 5. The Balaban J connectivity index is 0.000000166. The summed E-state index contributed by atoms with van der Waals surface area (Å²) >= 11 is 21.1. The largest absolute Gasteiger partial charge is 0.506 e. The van der Waals surface area contributed by atoms with E-state index in [0.29, 0.717) is 178 Å². The Morgan fingerprint density at radius 3 is 1.25 bits per heavy atom. The van der Waals surface area contributed by atoms with Crippen molar-refractivity contribution in [2.45, 2.75) is 123 Å². The first-order valence-corrected chi connectivity index (χ1v) is 39.5. The quantitative estimate of drug-likeness (QED) is 0.0279. The van der Waals surface area contributed by atoms with Crippen molar-refractivity contribution in [2.75, 3.05) is 81.1 Å². The molecule has 31 heteroatoms. The SMILES string of the molecule is CC(C)(C)NC(=S)Nc1cc2c(cc1O)N(Cc1cccc(F)c1)C(=O)CCC2.CCOC(=O)NC(=S)Nc1cc2c(cc1OC)N(c1cccc(F)c1)C(=O)CCC2.CN(C)C(=S)Nc1cc2c(cc1O)N(Cc1cccc(F)c1)C(=O)CCC2.COc1cc2c(cc1NC(=S)Nc1ccc(F)cc1)CCCC(=O)N2c1cccc(F)c1. The molecule has 0 aromatic heterocycles. The van der Waals surface area contributed by atoms with Gasteiger partial charge in [-0.3, -0.25) is 34.3 Å². The van der Waals surface area contributed by atoms with Gasteiger partial charge < -0.3 is 71.0 Å². The molecule has 118 heavy (non-hydrogen) atoms. The van der Waals surface area contributed by atoms with Gasteiger partial charge in [-0.05, 0) is 271 Å². The van der Waals surface area contributed by atoms with E-state index in [4.69, 9.17) is 63.1 Å². The van der Waals surface area contributed by atoms with Crippen molar-refractivity contribution in [3.63, 3.8) is 0 Å². The summed E-state index contributed by atoms with van der Waals surface area (Å²) in [6.45, 7) is 8.40. The third-order valence-corrected chi connectivity index (χ3v) is 19.9. The highest BCUT2D eigenvalue weighted by atomic mass is 32.1. The monoisotopic (exact) mass is 1690 g/mol. The molecule has 4 aliphatic heterocycles. The zero-order valence-electron chi connectivity index (χ0n) is 66.2. The number of aryl methyl sites for hydroxylation is 4. The smallest absolute Gasteiger partial charge is 0.413 e. The van der Waals surface area contributed by atoms with Gasteiger partial charge in [0.05, 0.1) is 90.8 Å². The highest BCUT2D eigenvalue weighted by Gasteiger charge is 2.31. The Kier molecular flexibility index (Phi) is 30.4. The molecule has 0 unspecified atom stereocenters. The normalized spacial score (nSPS) is 13.6. The van der Waals surface area contributed by atoms with Gasteiger partial charge in [0.2, 0.25) is 23.6 Å². The number of phenolic OH excluding ortho intramolecular Hbond substituents is 2. The second kappa shape index (κ2) is 40.7. The van der Waals surface area contributed by atoms with Crippen LogP contribution in [0.25, 0.3) is 0 Å². The molecule has 13 rings (SSSR count). The maximum atomic E-state index is 13.9. The minimum atomic E-state index is -0.661. The number of amides is 5. The number of nitrogens with one attached hydrogen (secondary N) is 7. The Morgan fingerprint density at radius 1 is 0.449 bits per heavy atom. The van der Waals surface area contributed by atoms with E-state index >= 15 is 0 Å². The number of alkyl carbamates (subject to hydrolysis) is 1. The van der Waals surface area contributed by atoms with Crippen LogP contribution >= 0.6 is 48.9 Å². The lowest BCUT2D eigenvalue weighted by Crippen LogP contribution is -2.42. The Hall–Kier alpha value is -12.1. The first kappa shape index (κ1) is 88.3. The summed E-state index contributed by atoms with van der Waals surface area (Å²) in [5.74, 6) is -1.26. The van der Waals surface area contributed by atoms with Crippen molar-refractivity contribution in [2.24, 2.45) is 0 Å². The van der Waals surface area contributed by atoms with Crippen molar-refractivity contribution in [1.29, 1.82) is 0 Å². The number of fused-ring (bicyclic) bond motifs is 4. The Morgan fingerprint density at radius 2 is 0.839 bits per heavy atom. The van der Waals surface area contributed by atoms with E-state index in [9.17, 15) is 56.1 Å². The first-order valence-electron chi connectivity index (χ1n) is 37.9. The molecule has 9 N–H and O–H groups in total. The molecule has 5 amide bonds. The highest BCUT2D eigenvalue weighted by molar-refractivity contribution is 7.81. The van der Waals surface area contributed by atoms with Gasteiger partial charge in [-0.25, -0.2) is 26.7 Å². The third kappa shape index (κ3) is 24.1. The molecule has 9 aromatic rings. The van der Waals surface area contributed by atoms with Gasteiger partial charge in [-0.15, -0.1) is 0 Å². The van der Waals surface area contributed by atoms with E-state index in [1.54, 1.807) is 107 Å². The average molecular weight is 1690 g/mol. The number of carbonyl (C=O) groups excluding carboxylic acids is 5. The van der Waals surface area contributed by atoms with Crippen LogP contribution in [0.4, 0.5) is 89.3 Å². The predicted molar refractivity (Wildman–Crippen MR) is 468 cm³/mol. The second-order valence-electron chi connectivity index (χ2n) is 28.9. The van der Waals surface area contributed by atoms with Crippen LogP contribution in [0.1, 0.15) is 112 Å². The summed E-state index contributed by atoms with van der Waals surface area (Å²) < 4.78 is 83.7. The number of ether oxygens (including phenoxy) is 3. The fourth-order valence-corrected chi connectivity index (χ4v) is 14.4. The maximum absolute atomic E-state index is 13.9. The summed E-state index contributed by atoms with van der Waals surface area (Å²) in [4.78, 5) is 70.6. The summed E-state index contributed by atoms with van der Waals surface area (Å²) in [5.41, 5.74) is 11.1. The molecule has 0 spiro atoms. The standard InChI is InChI=1S/C24H21F2N3O2S.C22H26FN3O2S.C21H22FN3O4S.C20H22FN3O2S/c1-31-22-14-21-15(4-2-7-23(30)29(21)19-6-3-5-17(26)13-19)12-20(22)28-24(32)27-18-10-8-16(25)9-11-18;1-22(2,3)25-21(29)24-17-11-15-7-5-9-20(28)26(18(15)12-19(17)27)13-14-6-4-8-16(23)10-14;1-3-29-21(27)24-20(30)23-16-10-13-6-4-9-19(26)25(17(13)12-18(16)28-2)15-8-5-7-14(22)11-15;1-23(2)20(27)22-16-10-14-6-4-8-19(26)24(17(14)11-18(16)25)12-13-5-3-7-15(21)9-13/h3,5-6,8-14H,2,4,7H2,1H3,(H2,27,28,32);4,6,8,10-12,27H,5,7,9,13H2,1-3H3,(H2,24,25,29);5,7-8,10-12H,3-4,6,9H2,1-2H3,(H2,23,24,27,30);3,5,7,9-11,25H,4,6,8,12H2,1-2H3,(H,22,27). The molecule has 0 saturated carbocycles. The van der Waals surface area contributed by atoms with E-state index in [2.05, 4.69) is 37.2 Å². The predicted octanol–water partition coefficient (Wildman–Crippen LogP) is 18.2. The molecule has 0 aliphatic carbocycles. The minimum Gasteiger partial charge on any atom is -0.506 e. The average Bonchev–Trinajstić information content (AvgIpc) is 1.49. The van der Waals surface area contributed by atoms with Gasteiger partial charge in [0, 0.05) is 75.3 Å². The van der Waals surface area contributed by atoms with Gasteiger partial charge in [0.25, 0.3) is 0 Å². The zero-order valence-corrected chi connectivity index (χ0v) is 69.5. The molecular formula is C87H91F5N12O10S4. The molecule has 0 fully saturated rings. The number of thiocarbonyl (C=S) groups is 4. The highest BCUT2D eigenvalue weighted by Crippen LogP contribution is 2.44. The first-order chi connectivity index (χ1) is 56.3.